The normalized spacial score (nSPS) is 11.7. The van der Waals surface area contributed by atoms with Crippen molar-refractivity contribution in [2.45, 2.75) is 13.3 Å². The fourth-order valence-electron chi connectivity index (χ4n) is 0.477. The average molecular weight is 150 g/mol. The van der Waals surface area contributed by atoms with Crippen LogP contribution >= 0.6 is 12.9 Å². The van der Waals surface area contributed by atoms with Gasteiger partial charge in [-0.25, -0.2) is 4.28 Å². The van der Waals surface area contributed by atoms with Crippen LogP contribution in [0.15, 0.2) is 0 Å². The largest absolute Gasteiger partial charge is 0.386 e. The Bertz CT molecular complexity index is 95.0. The number of thiol groups is 1. The maximum absolute atomic E-state index is 8.38. The van der Waals surface area contributed by atoms with Crippen molar-refractivity contribution in [1.29, 1.82) is 0 Å². The van der Waals surface area contributed by atoms with Crippen LogP contribution in [-0.2, 0) is 4.28 Å². The summed E-state index contributed by atoms with van der Waals surface area (Å²) in [6.07, 6.45) is 2.49. The van der Waals surface area contributed by atoms with Crippen LogP contribution < -0.4 is 0 Å². The van der Waals surface area contributed by atoms with Crippen LogP contribution in [0.1, 0.15) is 13.3 Å². The fourth-order valence-corrected chi connectivity index (χ4v) is 0.625. The summed E-state index contributed by atoms with van der Waals surface area (Å²) >= 11 is 3.57. The molecule has 0 heterocycles. The molecule has 0 rings (SSSR count). The summed E-state index contributed by atoms with van der Waals surface area (Å²) < 4.78 is 6.02. The molecule has 0 aromatic carbocycles. The van der Waals surface area contributed by atoms with Crippen LogP contribution in [0.3, 0.4) is 0 Å². The van der Waals surface area contributed by atoms with Gasteiger partial charge in [-0.3, -0.25) is 0 Å². The highest BCUT2D eigenvalue weighted by Crippen LogP contribution is 1.84. The Hall–Kier alpha value is -0.220. The highest BCUT2D eigenvalue weighted by molar-refractivity contribution is 7.74. The van der Waals surface area contributed by atoms with Crippen LogP contribution in [0, 0.1) is 0 Å². The van der Waals surface area contributed by atoms with Crippen LogP contribution in [0.5, 0.6) is 0 Å². The Kier molecular flexibility index (Phi) is 5.76. The van der Waals surface area contributed by atoms with Gasteiger partial charge in [0.05, 0.1) is 0 Å². The quantitative estimate of drug-likeness (QED) is 0.198. The smallest absolute Gasteiger partial charge is 0.219 e. The molecule has 0 saturated carbocycles. The lowest BCUT2D eigenvalue weighted by molar-refractivity contribution is -0.737. The van der Waals surface area contributed by atoms with E-state index >= 15 is 0 Å². The van der Waals surface area contributed by atoms with Crippen molar-refractivity contribution in [2.75, 3.05) is 13.2 Å². The van der Waals surface area contributed by atoms with Gasteiger partial charge in [0.25, 0.3) is 0 Å². The monoisotopic (exact) mass is 150 g/mol. The van der Waals surface area contributed by atoms with Gasteiger partial charge in [0.1, 0.15) is 19.5 Å². The van der Waals surface area contributed by atoms with Crippen LogP contribution in [0.4, 0.5) is 0 Å². The molecule has 0 amide bonds. The molecule has 0 radical (unpaired) electrons. The van der Waals surface area contributed by atoms with Crippen molar-refractivity contribution in [2.24, 2.45) is 0 Å². The maximum Gasteiger partial charge on any atom is 0.219 e. The van der Waals surface area contributed by atoms with Gasteiger partial charge in [0, 0.05) is 6.42 Å². The van der Waals surface area contributed by atoms with Crippen LogP contribution in [0.2, 0.25) is 0 Å². The molecule has 9 heavy (non-hydrogen) atoms. The lowest BCUT2D eigenvalue weighted by atomic mass is 10.5. The molecule has 0 atom stereocenters. The minimum Gasteiger partial charge on any atom is -0.386 e. The highest BCUT2D eigenvalue weighted by atomic mass is 32.1. The van der Waals surface area contributed by atoms with E-state index in [2.05, 4.69) is 17.2 Å². The van der Waals surface area contributed by atoms with Crippen molar-refractivity contribution in [3.8, 4) is 0 Å². The van der Waals surface area contributed by atoms with Gasteiger partial charge in [0.15, 0.2) is 6.54 Å². The summed E-state index contributed by atoms with van der Waals surface area (Å²) in [5.74, 6) is 0. The van der Waals surface area contributed by atoms with Gasteiger partial charge in [-0.2, -0.15) is 0 Å². The second-order valence-electron chi connectivity index (χ2n) is 1.59. The van der Waals surface area contributed by atoms with E-state index in [0.717, 1.165) is 13.0 Å². The summed E-state index contributed by atoms with van der Waals surface area (Å²) in [7, 11) is 0. The first-order valence-corrected chi connectivity index (χ1v) is 3.24. The number of hydrogen-bond donors (Lipinski definition) is 2. The number of nitrogens with zero attached hydrogens (tertiary/aromatic N) is 1. The molecule has 0 aliphatic heterocycles. The molecule has 0 fully saturated rings. The molecule has 1 N–H and O–H groups in total. The van der Waals surface area contributed by atoms with Crippen molar-refractivity contribution in [1.82, 2.24) is 0 Å². The summed E-state index contributed by atoms with van der Waals surface area (Å²) in [6.45, 7) is 2.76. The molecule has 0 spiro atoms. The maximum atomic E-state index is 8.38. The Labute approximate surface area is 60.5 Å². The van der Waals surface area contributed by atoms with Gasteiger partial charge in [-0.1, -0.05) is 6.92 Å². The van der Waals surface area contributed by atoms with E-state index in [1.165, 1.54) is 11.0 Å². The molecular formula is C5H12NO2S+. The molecular weight excluding hydrogens is 138 g/mol. The third kappa shape index (κ3) is 4.29. The number of aliphatic hydroxyl groups is 1. The molecule has 0 aromatic rings. The van der Waals surface area contributed by atoms with Crippen molar-refractivity contribution in [3.63, 3.8) is 0 Å². The van der Waals surface area contributed by atoms with Crippen molar-refractivity contribution in [3.05, 3.63) is 0 Å². The predicted molar refractivity (Wildman–Crippen MR) is 38.6 cm³/mol. The minimum atomic E-state index is -0.0133. The number of rotatable bonds is 4. The second kappa shape index (κ2) is 5.91. The van der Waals surface area contributed by atoms with Gasteiger partial charge < -0.3 is 5.11 Å². The van der Waals surface area contributed by atoms with E-state index in [9.17, 15) is 0 Å². The van der Waals surface area contributed by atoms with Gasteiger partial charge >= 0.3 is 0 Å². The van der Waals surface area contributed by atoms with E-state index in [4.69, 9.17) is 5.11 Å². The zero-order chi connectivity index (χ0) is 7.11. The number of hydroxylamine groups is 1. The Morgan fingerprint density at radius 2 is 2.44 bits per heavy atom. The SMILES string of the molecule is CCC[N+](=CCO)OS. The lowest BCUT2D eigenvalue weighted by Crippen LogP contribution is -2.12. The van der Waals surface area contributed by atoms with Crippen LogP contribution in [0.25, 0.3) is 0 Å². The van der Waals surface area contributed by atoms with E-state index in [-0.39, 0.29) is 6.61 Å². The molecule has 3 nitrogen and oxygen atoms in total. The average Bonchev–Trinajstić information content (AvgIpc) is 1.88. The van der Waals surface area contributed by atoms with Gasteiger partial charge in [-0.05, 0) is 4.74 Å². The highest BCUT2D eigenvalue weighted by Gasteiger charge is 1.98. The minimum absolute atomic E-state index is 0.0133. The van der Waals surface area contributed by atoms with E-state index in [0.29, 0.717) is 0 Å². The van der Waals surface area contributed by atoms with E-state index < -0.39 is 0 Å². The first kappa shape index (κ1) is 8.78. The third-order valence-electron chi connectivity index (χ3n) is 0.834. The van der Waals surface area contributed by atoms with Gasteiger partial charge in [0.2, 0.25) is 6.21 Å². The zero-order valence-electron chi connectivity index (χ0n) is 5.45. The molecule has 4 heteroatoms. The molecule has 0 aliphatic rings. The molecule has 0 saturated heterocycles. The first-order valence-electron chi connectivity index (χ1n) is 2.87. The summed E-state index contributed by atoms with van der Waals surface area (Å²) in [5.41, 5.74) is 0. The fraction of sp³-hybridized carbons (Fsp3) is 0.800. The summed E-state index contributed by atoms with van der Waals surface area (Å²) in [5, 5.41) is 8.38. The van der Waals surface area contributed by atoms with Crippen molar-refractivity contribution >= 4 is 19.1 Å². The molecule has 54 valence electrons. The predicted octanol–water partition coefficient (Wildman–Crippen LogP) is 0.248. The number of aliphatic hydroxyl groups excluding tert-OH is 1. The summed E-state index contributed by atoms with van der Waals surface area (Å²) in [4.78, 5) is 0. The number of hydrogen-bond acceptors (Lipinski definition) is 3. The third-order valence-corrected chi connectivity index (χ3v) is 1.04. The van der Waals surface area contributed by atoms with Crippen LogP contribution in [-0.4, -0.2) is 29.2 Å². The first-order chi connectivity index (χ1) is 4.35. The Morgan fingerprint density at radius 1 is 1.78 bits per heavy atom. The Morgan fingerprint density at radius 3 is 2.78 bits per heavy atom. The lowest BCUT2D eigenvalue weighted by Gasteiger charge is -1.91. The Balaban J connectivity index is 3.53. The van der Waals surface area contributed by atoms with Crippen molar-refractivity contribution < 1.29 is 14.1 Å². The molecule has 0 aliphatic carbocycles. The van der Waals surface area contributed by atoms with E-state index in [1.54, 1.807) is 0 Å². The molecule has 0 aromatic heterocycles. The molecule has 0 unspecified atom stereocenters. The van der Waals surface area contributed by atoms with E-state index in [1.807, 2.05) is 6.92 Å². The second-order valence-corrected chi connectivity index (χ2v) is 1.75. The summed E-state index contributed by atoms with van der Waals surface area (Å²) in [6, 6.07) is 0. The molecule has 0 bridgehead atoms. The standard InChI is InChI=1S/C5H11NO2S/c1-2-3-6(8-9)4-5-7/h4,7H,2-3,5H2,1H3/p+1. The van der Waals surface area contributed by atoms with Gasteiger partial charge in [-0.15, -0.1) is 0 Å². The zero-order valence-corrected chi connectivity index (χ0v) is 6.34. The topological polar surface area (TPSA) is 32.5 Å².